The molecule has 0 aliphatic rings. The zero-order chi connectivity index (χ0) is 19.7. The SMILES string of the molecule is CC(C)C(Nc1nnc[nH]1)c1ccc(-c2ccc3cccc(F)c3c2)[nH]c1=O. The summed E-state index contributed by atoms with van der Waals surface area (Å²) in [6.45, 7) is 4.04. The van der Waals surface area contributed by atoms with Crippen molar-refractivity contribution in [2.45, 2.75) is 19.9 Å². The van der Waals surface area contributed by atoms with Crippen LogP contribution < -0.4 is 10.9 Å². The van der Waals surface area contributed by atoms with Gasteiger partial charge in [-0.1, -0.05) is 38.1 Å². The quantitative estimate of drug-likeness (QED) is 0.485. The number of hydrogen-bond donors (Lipinski definition) is 3. The second kappa shape index (κ2) is 7.26. The van der Waals surface area contributed by atoms with Gasteiger partial charge in [-0.25, -0.2) is 4.39 Å². The first-order valence-electron chi connectivity index (χ1n) is 9.07. The fraction of sp³-hybridized carbons (Fsp3) is 0.190. The van der Waals surface area contributed by atoms with Gasteiger partial charge in [0.05, 0.1) is 6.04 Å². The van der Waals surface area contributed by atoms with Gasteiger partial charge in [0.25, 0.3) is 5.56 Å². The van der Waals surface area contributed by atoms with Gasteiger partial charge in [0.15, 0.2) is 0 Å². The number of hydrogen-bond acceptors (Lipinski definition) is 4. The Balaban J connectivity index is 1.71. The lowest BCUT2D eigenvalue weighted by molar-refractivity contribution is 0.538. The van der Waals surface area contributed by atoms with E-state index < -0.39 is 0 Å². The predicted octanol–water partition coefficient (Wildman–Crippen LogP) is 4.26. The molecule has 4 aromatic rings. The Kier molecular flexibility index (Phi) is 4.65. The number of benzene rings is 2. The van der Waals surface area contributed by atoms with E-state index in [2.05, 4.69) is 25.5 Å². The number of aromatic amines is 2. The maximum absolute atomic E-state index is 14.1. The molecule has 0 aliphatic heterocycles. The molecule has 2 aromatic carbocycles. The molecule has 0 saturated heterocycles. The van der Waals surface area contributed by atoms with Gasteiger partial charge in [-0.3, -0.25) is 4.79 Å². The summed E-state index contributed by atoms with van der Waals surface area (Å²) in [6, 6.07) is 13.9. The third-order valence-corrected chi connectivity index (χ3v) is 4.79. The highest BCUT2D eigenvalue weighted by Crippen LogP contribution is 2.27. The summed E-state index contributed by atoms with van der Waals surface area (Å²) in [4.78, 5) is 18.6. The van der Waals surface area contributed by atoms with E-state index in [0.29, 0.717) is 22.6 Å². The van der Waals surface area contributed by atoms with Gasteiger partial charge in [-0.15, -0.1) is 10.2 Å². The van der Waals surface area contributed by atoms with E-state index in [4.69, 9.17) is 0 Å². The van der Waals surface area contributed by atoms with Crippen LogP contribution in [0.2, 0.25) is 0 Å². The van der Waals surface area contributed by atoms with Crippen molar-refractivity contribution in [1.29, 1.82) is 0 Å². The Morgan fingerprint density at radius 1 is 1.11 bits per heavy atom. The van der Waals surface area contributed by atoms with Crippen LogP contribution in [0, 0.1) is 11.7 Å². The molecule has 6 nitrogen and oxygen atoms in total. The number of fused-ring (bicyclic) bond motifs is 1. The van der Waals surface area contributed by atoms with Gasteiger partial charge in [0, 0.05) is 16.6 Å². The summed E-state index contributed by atoms with van der Waals surface area (Å²) < 4.78 is 14.1. The smallest absolute Gasteiger partial charge is 0.253 e. The van der Waals surface area contributed by atoms with Crippen LogP contribution in [0.15, 0.2) is 59.7 Å². The van der Waals surface area contributed by atoms with Crippen LogP contribution in [0.4, 0.5) is 10.3 Å². The Bertz CT molecular complexity index is 1170. The molecule has 0 aliphatic carbocycles. The van der Waals surface area contributed by atoms with E-state index in [0.717, 1.165) is 10.9 Å². The van der Waals surface area contributed by atoms with Crippen molar-refractivity contribution in [2.75, 3.05) is 5.32 Å². The molecule has 0 spiro atoms. The molecule has 1 unspecified atom stereocenters. The minimum Gasteiger partial charge on any atom is -0.347 e. The number of nitrogens with one attached hydrogen (secondary N) is 3. The van der Waals surface area contributed by atoms with Crippen molar-refractivity contribution < 1.29 is 4.39 Å². The number of nitrogens with zero attached hydrogens (tertiary/aromatic N) is 2. The van der Waals surface area contributed by atoms with Crippen LogP contribution in [0.1, 0.15) is 25.5 Å². The van der Waals surface area contributed by atoms with Crippen molar-refractivity contribution in [3.63, 3.8) is 0 Å². The molecule has 0 saturated carbocycles. The Morgan fingerprint density at radius 2 is 1.96 bits per heavy atom. The number of rotatable bonds is 5. The van der Waals surface area contributed by atoms with Gasteiger partial charge >= 0.3 is 0 Å². The molecule has 0 amide bonds. The van der Waals surface area contributed by atoms with E-state index in [1.54, 1.807) is 18.2 Å². The van der Waals surface area contributed by atoms with E-state index in [9.17, 15) is 9.18 Å². The standard InChI is InChI=1S/C21H20FN5O/c1-12(2)19(26-21-23-11-24-27-21)15-8-9-18(25-20(15)28)14-7-6-13-4-3-5-17(22)16(13)10-14/h3-12,19H,1-2H3,(H,25,28)(H2,23,24,26,27). The van der Waals surface area contributed by atoms with Crippen molar-refractivity contribution in [2.24, 2.45) is 5.92 Å². The van der Waals surface area contributed by atoms with Crippen LogP contribution in [-0.2, 0) is 0 Å². The zero-order valence-electron chi connectivity index (χ0n) is 15.5. The molecule has 7 heteroatoms. The van der Waals surface area contributed by atoms with Crippen LogP contribution in [0.25, 0.3) is 22.0 Å². The van der Waals surface area contributed by atoms with Gasteiger partial charge in [-0.2, -0.15) is 0 Å². The Labute approximate surface area is 160 Å². The molecule has 0 radical (unpaired) electrons. The molecule has 4 rings (SSSR count). The Hall–Kier alpha value is -3.48. The van der Waals surface area contributed by atoms with Gasteiger partial charge in [-0.05, 0) is 41.1 Å². The lowest BCUT2D eigenvalue weighted by Gasteiger charge is -2.21. The number of pyridine rings is 1. The Morgan fingerprint density at radius 3 is 2.68 bits per heavy atom. The van der Waals surface area contributed by atoms with Gasteiger partial charge < -0.3 is 15.3 Å². The monoisotopic (exact) mass is 377 g/mol. The first-order valence-corrected chi connectivity index (χ1v) is 9.07. The molecular weight excluding hydrogens is 357 g/mol. The topological polar surface area (TPSA) is 86.5 Å². The summed E-state index contributed by atoms with van der Waals surface area (Å²) >= 11 is 0. The van der Waals surface area contributed by atoms with Crippen LogP contribution in [0.3, 0.4) is 0 Å². The molecule has 142 valence electrons. The normalized spacial score (nSPS) is 12.4. The largest absolute Gasteiger partial charge is 0.347 e. The number of H-pyrrole nitrogens is 2. The maximum Gasteiger partial charge on any atom is 0.253 e. The lowest BCUT2D eigenvalue weighted by atomic mass is 9.96. The highest BCUT2D eigenvalue weighted by atomic mass is 19.1. The average Bonchev–Trinajstić information content (AvgIpc) is 3.20. The minimum atomic E-state index is -0.283. The number of halogens is 1. The first-order chi connectivity index (χ1) is 13.5. The number of aromatic nitrogens is 4. The molecular formula is C21H20FN5O. The van der Waals surface area contributed by atoms with Crippen LogP contribution in [0.5, 0.6) is 0 Å². The lowest BCUT2D eigenvalue weighted by Crippen LogP contribution is -2.25. The van der Waals surface area contributed by atoms with E-state index in [1.807, 2.05) is 38.1 Å². The van der Waals surface area contributed by atoms with E-state index in [-0.39, 0.29) is 23.3 Å². The molecule has 2 aromatic heterocycles. The summed E-state index contributed by atoms with van der Waals surface area (Å²) in [5, 5.41) is 12.2. The average molecular weight is 377 g/mol. The third-order valence-electron chi connectivity index (χ3n) is 4.79. The van der Waals surface area contributed by atoms with Crippen molar-refractivity contribution in [1.82, 2.24) is 20.2 Å². The molecule has 0 fully saturated rings. The van der Waals surface area contributed by atoms with Crippen LogP contribution in [-0.4, -0.2) is 20.2 Å². The van der Waals surface area contributed by atoms with Crippen molar-refractivity contribution in [3.05, 3.63) is 76.6 Å². The fourth-order valence-electron chi connectivity index (χ4n) is 3.33. The fourth-order valence-corrected chi connectivity index (χ4v) is 3.33. The molecule has 3 N–H and O–H groups in total. The molecule has 28 heavy (non-hydrogen) atoms. The molecule has 0 bridgehead atoms. The third kappa shape index (κ3) is 3.38. The first kappa shape index (κ1) is 17.9. The molecule has 1 atom stereocenters. The summed E-state index contributed by atoms with van der Waals surface area (Å²) in [5.74, 6) is 0.369. The second-order valence-corrected chi connectivity index (χ2v) is 7.04. The van der Waals surface area contributed by atoms with E-state index in [1.165, 1.54) is 12.4 Å². The highest BCUT2D eigenvalue weighted by Gasteiger charge is 2.20. The summed E-state index contributed by atoms with van der Waals surface area (Å²) in [7, 11) is 0. The van der Waals surface area contributed by atoms with E-state index >= 15 is 0 Å². The van der Waals surface area contributed by atoms with Gasteiger partial charge in [0.1, 0.15) is 12.1 Å². The maximum atomic E-state index is 14.1. The second-order valence-electron chi connectivity index (χ2n) is 7.04. The van der Waals surface area contributed by atoms with Crippen molar-refractivity contribution in [3.8, 4) is 11.3 Å². The molecule has 2 heterocycles. The minimum absolute atomic E-state index is 0.145. The summed E-state index contributed by atoms with van der Waals surface area (Å²) in [5.41, 5.74) is 1.80. The zero-order valence-corrected chi connectivity index (χ0v) is 15.5. The summed E-state index contributed by atoms with van der Waals surface area (Å²) in [6.07, 6.45) is 1.48. The number of anilines is 1. The predicted molar refractivity (Wildman–Crippen MR) is 108 cm³/mol. The van der Waals surface area contributed by atoms with Crippen molar-refractivity contribution >= 4 is 16.7 Å². The highest BCUT2D eigenvalue weighted by molar-refractivity contribution is 5.87. The van der Waals surface area contributed by atoms with Crippen LogP contribution >= 0.6 is 0 Å². The van der Waals surface area contributed by atoms with Gasteiger partial charge in [0.2, 0.25) is 5.95 Å².